The highest BCUT2D eigenvalue weighted by Crippen LogP contribution is 2.50. The van der Waals surface area contributed by atoms with Crippen molar-refractivity contribution in [2.45, 2.75) is 56.4 Å². The summed E-state index contributed by atoms with van der Waals surface area (Å²) in [6.07, 6.45) is 10.0. The number of amides is 2. The van der Waals surface area contributed by atoms with Crippen molar-refractivity contribution in [1.29, 1.82) is 0 Å². The highest BCUT2D eigenvalue weighted by Gasteiger charge is 2.49. The molecule has 8 nitrogen and oxygen atoms in total. The Morgan fingerprint density at radius 2 is 1.84 bits per heavy atom. The third-order valence-corrected chi connectivity index (χ3v) is 9.09. The zero-order valence-corrected chi connectivity index (χ0v) is 22.0. The second-order valence-corrected chi connectivity index (χ2v) is 11.1. The number of pyridine rings is 1. The smallest absolute Gasteiger partial charge is 0.253 e. The van der Waals surface area contributed by atoms with Gasteiger partial charge in [-0.2, -0.15) is 0 Å². The van der Waals surface area contributed by atoms with Gasteiger partial charge in [-0.1, -0.05) is 19.3 Å². The molecule has 38 heavy (non-hydrogen) atoms. The SMILES string of the molecule is COc1ccc2c3c([nH]c2c1)[C@H](CO)N(C(=O)C1CCCCC1)CC31CCN(C(=O)c2ccncc2)CC1. The van der Waals surface area contributed by atoms with E-state index in [1.165, 1.54) is 12.0 Å². The number of rotatable bonds is 4. The number of benzene rings is 1. The number of aliphatic hydroxyl groups excluding tert-OH is 1. The Kier molecular flexibility index (Phi) is 6.60. The summed E-state index contributed by atoms with van der Waals surface area (Å²) in [5.74, 6) is 0.971. The molecule has 2 amide bonds. The molecule has 1 aliphatic carbocycles. The molecule has 8 heteroatoms. The van der Waals surface area contributed by atoms with E-state index in [2.05, 4.69) is 16.0 Å². The van der Waals surface area contributed by atoms with Gasteiger partial charge in [0.1, 0.15) is 5.75 Å². The number of carbonyl (C=O) groups is 2. The molecule has 3 aliphatic rings. The van der Waals surface area contributed by atoms with E-state index in [0.29, 0.717) is 25.2 Å². The number of ether oxygens (including phenoxy) is 1. The average Bonchev–Trinajstić information content (AvgIpc) is 3.37. The fourth-order valence-corrected chi connectivity index (χ4v) is 7.05. The molecule has 1 saturated heterocycles. The monoisotopic (exact) mass is 516 g/mol. The maximum Gasteiger partial charge on any atom is 0.253 e. The molecule has 4 heterocycles. The van der Waals surface area contributed by atoms with Crippen LogP contribution in [-0.4, -0.2) is 70.0 Å². The summed E-state index contributed by atoms with van der Waals surface area (Å²) in [5, 5.41) is 11.7. The van der Waals surface area contributed by atoms with Crippen LogP contribution in [0.2, 0.25) is 0 Å². The van der Waals surface area contributed by atoms with E-state index in [1.807, 2.05) is 21.9 Å². The second kappa shape index (κ2) is 10.1. The van der Waals surface area contributed by atoms with E-state index in [4.69, 9.17) is 4.74 Å². The predicted molar refractivity (Wildman–Crippen MR) is 144 cm³/mol. The van der Waals surface area contributed by atoms with Crippen LogP contribution in [0.1, 0.15) is 72.6 Å². The highest BCUT2D eigenvalue weighted by atomic mass is 16.5. The van der Waals surface area contributed by atoms with Gasteiger partial charge in [-0.25, -0.2) is 0 Å². The minimum Gasteiger partial charge on any atom is -0.497 e. The lowest BCUT2D eigenvalue weighted by Crippen LogP contribution is -2.56. The summed E-state index contributed by atoms with van der Waals surface area (Å²) >= 11 is 0. The Balaban J connectivity index is 1.39. The van der Waals surface area contributed by atoms with Crippen molar-refractivity contribution in [3.05, 3.63) is 59.5 Å². The van der Waals surface area contributed by atoms with Crippen molar-refractivity contribution in [3.63, 3.8) is 0 Å². The van der Waals surface area contributed by atoms with Crippen LogP contribution in [0.4, 0.5) is 0 Å². The van der Waals surface area contributed by atoms with Gasteiger partial charge in [0.2, 0.25) is 5.91 Å². The number of piperidine rings is 1. The van der Waals surface area contributed by atoms with E-state index in [0.717, 1.165) is 60.9 Å². The lowest BCUT2D eigenvalue weighted by molar-refractivity contribution is -0.142. The Morgan fingerprint density at radius 3 is 2.53 bits per heavy atom. The first-order valence-corrected chi connectivity index (χ1v) is 13.9. The predicted octanol–water partition coefficient (Wildman–Crippen LogP) is 4.20. The fourth-order valence-electron chi connectivity index (χ4n) is 7.05. The van der Waals surface area contributed by atoms with Gasteiger partial charge in [0, 0.05) is 71.6 Å². The lowest BCUT2D eigenvalue weighted by Gasteiger charge is -2.51. The minimum absolute atomic E-state index is 0.0188. The first-order valence-electron chi connectivity index (χ1n) is 13.9. The molecule has 200 valence electrons. The molecule has 2 aliphatic heterocycles. The Morgan fingerprint density at radius 1 is 1.11 bits per heavy atom. The molecule has 2 aromatic heterocycles. The van der Waals surface area contributed by atoms with Crippen LogP contribution in [0.25, 0.3) is 10.9 Å². The number of nitrogens with zero attached hydrogens (tertiary/aromatic N) is 3. The van der Waals surface area contributed by atoms with E-state index in [9.17, 15) is 14.7 Å². The maximum absolute atomic E-state index is 13.9. The summed E-state index contributed by atoms with van der Waals surface area (Å²) in [7, 11) is 1.65. The van der Waals surface area contributed by atoms with E-state index >= 15 is 0 Å². The van der Waals surface area contributed by atoms with E-state index in [1.54, 1.807) is 31.6 Å². The van der Waals surface area contributed by atoms with E-state index < -0.39 is 6.04 Å². The largest absolute Gasteiger partial charge is 0.497 e. The second-order valence-electron chi connectivity index (χ2n) is 11.1. The molecule has 0 radical (unpaired) electrons. The van der Waals surface area contributed by atoms with Gasteiger partial charge in [0.25, 0.3) is 5.91 Å². The highest BCUT2D eigenvalue weighted by molar-refractivity contribution is 5.94. The molecule has 6 rings (SSSR count). The van der Waals surface area contributed by atoms with Crippen molar-refractivity contribution in [1.82, 2.24) is 19.8 Å². The summed E-state index contributed by atoms with van der Waals surface area (Å²) in [6, 6.07) is 9.17. The zero-order valence-electron chi connectivity index (χ0n) is 22.0. The summed E-state index contributed by atoms with van der Waals surface area (Å²) in [5.41, 5.74) is 3.43. The van der Waals surface area contributed by atoms with Crippen LogP contribution >= 0.6 is 0 Å². The summed E-state index contributed by atoms with van der Waals surface area (Å²) in [6.45, 7) is 1.66. The molecular weight excluding hydrogens is 480 g/mol. The molecule has 3 aromatic rings. The number of aromatic amines is 1. The maximum atomic E-state index is 13.9. The lowest BCUT2D eigenvalue weighted by atomic mass is 9.68. The van der Waals surface area contributed by atoms with Gasteiger partial charge in [-0.3, -0.25) is 14.6 Å². The summed E-state index contributed by atoms with van der Waals surface area (Å²) < 4.78 is 5.48. The van der Waals surface area contributed by atoms with Gasteiger partial charge >= 0.3 is 0 Å². The van der Waals surface area contributed by atoms with Crippen LogP contribution in [0, 0.1) is 5.92 Å². The van der Waals surface area contributed by atoms with Crippen LogP contribution in [0.5, 0.6) is 5.75 Å². The Bertz CT molecular complexity index is 1320. The van der Waals surface area contributed by atoms with Crippen LogP contribution in [0.15, 0.2) is 42.7 Å². The molecule has 0 unspecified atom stereocenters. The molecule has 2 N–H and O–H groups in total. The molecule has 2 fully saturated rings. The van der Waals surface area contributed by atoms with Gasteiger partial charge in [-0.15, -0.1) is 0 Å². The van der Waals surface area contributed by atoms with Gasteiger partial charge in [0.05, 0.1) is 19.8 Å². The number of methoxy groups -OCH3 is 1. The van der Waals surface area contributed by atoms with Crippen LogP contribution in [-0.2, 0) is 10.2 Å². The van der Waals surface area contributed by atoms with Gasteiger partial charge < -0.3 is 24.6 Å². The van der Waals surface area contributed by atoms with Crippen LogP contribution in [0.3, 0.4) is 0 Å². The Labute approximate surface area is 223 Å². The molecule has 1 aromatic carbocycles. The third kappa shape index (κ3) is 4.15. The zero-order chi connectivity index (χ0) is 26.3. The number of fused-ring (bicyclic) bond motifs is 4. The first-order chi connectivity index (χ1) is 18.5. The van der Waals surface area contributed by atoms with E-state index in [-0.39, 0.29) is 29.8 Å². The topological polar surface area (TPSA) is 98.8 Å². The normalized spacial score (nSPS) is 21.5. The number of aromatic nitrogens is 2. The fraction of sp³-hybridized carbons (Fsp3) is 0.500. The van der Waals surface area contributed by atoms with Crippen molar-refractivity contribution < 1.29 is 19.4 Å². The molecule has 1 atom stereocenters. The summed E-state index contributed by atoms with van der Waals surface area (Å²) in [4.78, 5) is 38.7. The quantitative estimate of drug-likeness (QED) is 0.542. The number of likely N-dealkylation sites (tertiary alicyclic amines) is 1. The van der Waals surface area contributed by atoms with Crippen molar-refractivity contribution in [2.24, 2.45) is 5.92 Å². The van der Waals surface area contributed by atoms with Gasteiger partial charge in [0.15, 0.2) is 0 Å². The number of H-pyrrole nitrogens is 1. The van der Waals surface area contributed by atoms with Crippen molar-refractivity contribution in [2.75, 3.05) is 33.4 Å². The molecular formula is C30H36N4O4. The molecule has 0 bridgehead atoms. The molecule has 1 saturated carbocycles. The Hall–Kier alpha value is -3.39. The molecule has 1 spiro atoms. The standard InChI is InChI=1S/C30H36N4O4/c1-38-22-7-8-23-24(17-22)32-27-25(18-35)34(29(37)20-5-3-2-4-6-20)19-30(26(23)27)11-15-33(16-12-30)28(36)21-9-13-31-14-10-21/h7-10,13-14,17,20,25,32,35H,2-6,11-12,15-16,18-19H2,1H3/t25-/m0/s1. The van der Waals surface area contributed by atoms with Gasteiger partial charge in [-0.05, 0) is 55.5 Å². The number of nitrogens with one attached hydrogen (secondary N) is 1. The number of aliphatic hydroxyl groups is 1. The third-order valence-electron chi connectivity index (χ3n) is 9.09. The number of hydrogen-bond donors (Lipinski definition) is 2. The number of hydrogen-bond acceptors (Lipinski definition) is 5. The minimum atomic E-state index is -0.403. The average molecular weight is 517 g/mol. The van der Waals surface area contributed by atoms with Crippen molar-refractivity contribution >= 4 is 22.7 Å². The first kappa shape index (κ1) is 24.9. The number of carbonyl (C=O) groups excluding carboxylic acids is 2. The van der Waals surface area contributed by atoms with Crippen molar-refractivity contribution in [3.8, 4) is 5.75 Å². The van der Waals surface area contributed by atoms with Crippen LogP contribution < -0.4 is 4.74 Å².